The van der Waals surface area contributed by atoms with Crippen molar-refractivity contribution in [2.24, 2.45) is 0 Å². The van der Waals surface area contributed by atoms with Crippen molar-refractivity contribution in [2.75, 3.05) is 24.7 Å². The molecule has 0 fully saturated rings. The number of nitrogens with zero attached hydrogens (tertiary/aromatic N) is 2. The number of nitrogen functional groups attached to an aromatic ring is 1. The Hall–Kier alpha value is -3.15. The standard InChI is InChI=1S/C19H15F3N4O2Se/c1-28-16-10-12(11-27)7-8-13(16)24-9-3-4-14-18(29-19(20,21)22)15-5-2-6-17(23)26(15)25-14/h2,5-8,10-11,24H,9,23H2,1H3. The van der Waals surface area contributed by atoms with E-state index in [2.05, 4.69) is 22.3 Å². The van der Waals surface area contributed by atoms with E-state index in [4.69, 9.17) is 10.5 Å². The molecule has 1 aromatic carbocycles. The number of benzene rings is 1. The van der Waals surface area contributed by atoms with E-state index in [0.717, 1.165) is 0 Å². The first kappa shape index (κ1) is 20.6. The molecule has 0 spiro atoms. The zero-order valence-corrected chi connectivity index (χ0v) is 16.8. The number of nitrogens with one attached hydrogen (secondary N) is 1. The molecule has 6 nitrogen and oxygen atoms in total. The van der Waals surface area contributed by atoms with Gasteiger partial charge in [0.15, 0.2) is 0 Å². The number of halogens is 3. The van der Waals surface area contributed by atoms with Gasteiger partial charge in [0, 0.05) is 0 Å². The van der Waals surface area contributed by atoms with Gasteiger partial charge in [0.1, 0.15) is 0 Å². The van der Waals surface area contributed by atoms with E-state index in [1.54, 1.807) is 30.3 Å². The predicted molar refractivity (Wildman–Crippen MR) is 105 cm³/mol. The molecule has 0 saturated heterocycles. The fourth-order valence-electron chi connectivity index (χ4n) is 2.56. The Morgan fingerprint density at radius 3 is 2.83 bits per heavy atom. The number of pyridine rings is 1. The Balaban J connectivity index is 1.86. The summed E-state index contributed by atoms with van der Waals surface area (Å²) in [5, 5.41) is 2.80. The van der Waals surface area contributed by atoms with E-state index in [0.29, 0.717) is 28.8 Å². The van der Waals surface area contributed by atoms with Crippen LogP contribution in [0.5, 0.6) is 5.75 Å². The van der Waals surface area contributed by atoms with Gasteiger partial charge in [-0.15, -0.1) is 0 Å². The summed E-state index contributed by atoms with van der Waals surface area (Å²) in [7, 11) is 1.47. The third kappa shape index (κ3) is 4.83. The normalized spacial score (nSPS) is 11.0. The molecule has 0 bridgehead atoms. The molecular formula is C19H15F3N4O2Se. The van der Waals surface area contributed by atoms with Crippen molar-refractivity contribution in [3.63, 3.8) is 0 Å². The number of rotatable bonds is 5. The fourth-order valence-corrected chi connectivity index (χ4v) is 3.99. The third-order valence-corrected chi connectivity index (χ3v) is 5.55. The van der Waals surface area contributed by atoms with Gasteiger partial charge in [-0.05, 0) is 0 Å². The summed E-state index contributed by atoms with van der Waals surface area (Å²) in [6.07, 6.45) is 0.700. The molecule has 0 aliphatic carbocycles. The second-order valence-electron chi connectivity index (χ2n) is 5.71. The zero-order chi connectivity index (χ0) is 21.0. The third-order valence-electron chi connectivity index (χ3n) is 3.80. The number of anilines is 2. The molecule has 150 valence electrons. The van der Waals surface area contributed by atoms with E-state index < -0.39 is 20.0 Å². The van der Waals surface area contributed by atoms with Crippen LogP contribution in [0.1, 0.15) is 16.1 Å². The molecule has 0 aliphatic rings. The van der Waals surface area contributed by atoms with Crippen LogP contribution >= 0.6 is 0 Å². The van der Waals surface area contributed by atoms with Crippen molar-refractivity contribution in [3.8, 4) is 17.6 Å². The van der Waals surface area contributed by atoms with Gasteiger partial charge in [-0.25, -0.2) is 0 Å². The predicted octanol–water partition coefficient (Wildman–Crippen LogP) is 2.05. The number of aldehydes is 1. The van der Waals surface area contributed by atoms with E-state index in [1.165, 1.54) is 17.7 Å². The second kappa shape index (κ2) is 8.47. The van der Waals surface area contributed by atoms with Crippen LogP contribution in [-0.4, -0.2) is 49.6 Å². The molecule has 3 rings (SSSR count). The van der Waals surface area contributed by atoms with Crippen LogP contribution in [0.4, 0.5) is 24.7 Å². The summed E-state index contributed by atoms with van der Waals surface area (Å²) in [6, 6.07) is 9.51. The molecule has 10 heteroatoms. The molecule has 0 saturated carbocycles. The Morgan fingerprint density at radius 1 is 1.34 bits per heavy atom. The average Bonchev–Trinajstić information content (AvgIpc) is 3.02. The van der Waals surface area contributed by atoms with Crippen LogP contribution in [0.2, 0.25) is 0 Å². The van der Waals surface area contributed by atoms with Gasteiger partial charge in [-0.1, -0.05) is 0 Å². The van der Waals surface area contributed by atoms with E-state index in [9.17, 15) is 18.0 Å². The Kier molecular flexibility index (Phi) is 6.01. The number of methoxy groups -OCH3 is 1. The van der Waals surface area contributed by atoms with Crippen molar-refractivity contribution in [2.45, 2.75) is 5.07 Å². The maximum atomic E-state index is 13.0. The minimum absolute atomic E-state index is 0.0396. The molecule has 2 aromatic heterocycles. The van der Waals surface area contributed by atoms with Gasteiger partial charge >= 0.3 is 170 Å². The van der Waals surface area contributed by atoms with E-state index in [1.807, 2.05) is 0 Å². The van der Waals surface area contributed by atoms with Crippen LogP contribution in [0.15, 0.2) is 36.4 Å². The van der Waals surface area contributed by atoms with Crippen molar-refractivity contribution in [3.05, 3.63) is 47.7 Å². The van der Waals surface area contributed by atoms with Gasteiger partial charge in [0.25, 0.3) is 0 Å². The molecule has 3 N–H and O–H groups in total. The molecule has 0 radical (unpaired) electrons. The summed E-state index contributed by atoms with van der Waals surface area (Å²) < 4.78 is 45.6. The summed E-state index contributed by atoms with van der Waals surface area (Å²) >= 11 is -1.81. The monoisotopic (exact) mass is 468 g/mol. The number of ether oxygens (including phenoxy) is 1. The number of hydrogen-bond donors (Lipinski definition) is 2. The number of carbonyl (C=O) groups is 1. The van der Waals surface area contributed by atoms with Crippen molar-refractivity contribution in [1.29, 1.82) is 0 Å². The maximum absolute atomic E-state index is 13.0. The van der Waals surface area contributed by atoms with Gasteiger partial charge < -0.3 is 0 Å². The second-order valence-corrected chi connectivity index (χ2v) is 7.96. The number of hydrogen-bond acceptors (Lipinski definition) is 5. The van der Waals surface area contributed by atoms with Gasteiger partial charge in [-0.3, -0.25) is 0 Å². The SMILES string of the molecule is COc1cc(C=O)ccc1NCC#Cc1nn2c(N)cccc2c1[Se]C(F)(F)F. The van der Waals surface area contributed by atoms with Crippen molar-refractivity contribution < 1.29 is 22.7 Å². The summed E-state index contributed by atoms with van der Waals surface area (Å²) in [4.78, 5) is 10.8. The zero-order valence-electron chi connectivity index (χ0n) is 15.1. The van der Waals surface area contributed by atoms with Crippen molar-refractivity contribution in [1.82, 2.24) is 9.61 Å². The molecule has 0 atom stereocenters. The molecule has 0 unspecified atom stereocenters. The van der Waals surface area contributed by atoms with Crippen LogP contribution in [-0.2, 0) is 0 Å². The topological polar surface area (TPSA) is 81.6 Å². The van der Waals surface area contributed by atoms with Gasteiger partial charge in [-0.2, -0.15) is 0 Å². The first-order valence-corrected chi connectivity index (χ1v) is 9.92. The summed E-state index contributed by atoms with van der Waals surface area (Å²) in [6.45, 7) is 0.138. The summed E-state index contributed by atoms with van der Waals surface area (Å²) in [5.41, 5.74) is 7.22. The number of fused-ring (bicyclic) bond motifs is 1. The fraction of sp³-hybridized carbons (Fsp3) is 0.158. The average molecular weight is 467 g/mol. The molecule has 0 aliphatic heterocycles. The minimum atomic E-state index is -4.34. The quantitative estimate of drug-likeness (QED) is 0.341. The van der Waals surface area contributed by atoms with Gasteiger partial charge in [0.2, 0.25) is 0 Å². The number of carbonyl (C=O) groups excluding carboxylic acids is 1. The Morgan fingerprint density at radius 2 is 2.14 bits per heavy atom. The Bertz CT molecular complexity index is 1120. The van der Waals surface area contributed by atoms with Crippen LogP contribution in [0.25, 0.3) is 5.52 Å². The van der Waals surface area contributed by atoms with Crippen molar-refractivity contribution >= 4 is 42.7 Å². The number of alkyl halides is 3. The molecular weight excluding hydrogens is 452 g/mol. The number of aromatic nitrogens is 2. The molecule has 3 aromatic rings. The van der Waals surface area contributed by atoms with Crippen LogP contribution in [0, 0.1) is 11.8 Å². The molecule has 29 heavy (non-hydrogen) atoms. The Labute approximate surface area is 170 Å². The summed E-state index contributed by atoms with van der Waals surface area (Å²) in [5.74, 6) is 6.16. The first-order valence-electron chi connectivity index (χ1n) is 8.21. The first-order chi connectivity index (χ1) is 13.8. The number of nitrogens with two attached hydrogens (primary N) is 1. The van der Waals surface area contributed by atoms with E-state index >= 15 is 0 Å². The molecule has 2 heterocycles. The van der Waals surface area contributed by atoms with Gasteiger partial charge in [0.05, 0.1) is 0 Å². The van der Waals surface area contributed by atoms with E-state index in [-0.39, 0.29) is 22.5 Å². The van der Waals surface area contributed by atoms with Crippen LogP contribution in [0.3, 0.4) is 0 Å². The molecule has 0 amide bonds. The van der Waals surface area contributed by atoms with Crippen LogP contribution < -0.4 is 20.2 Å².